The highest BCUT2D eigenvalue weighted by Crippen LogP contribution is 2.37. The third-order valence-electron chi connectivity index (χ3n) is 5.82. The van der Waals surface area contributed by atoms with Gasteiger partial charge >= 0.3 is 0 Å². The van der Waals surface area contributed by atoms with Gasteiger partial charge in [-0.15, -0.1) is 0 Å². The van der Waals surface area contributed by atoms with Crippen molar-refractivity contribution in [3.63, 3.8) is 0 Å². The molecule has 2 N–H and O–H groups in total. The normalized spacial score (nSPS) is 14.6. The van der Waals surface area contributed by atoms with Crippen molar-refractivity contribution in [3.8, 4) is 5.75 Å². The largest absolute Gasteiger partial charge is 0.497 e. The summed E-state index contributed by atoms with van der Waals surface area (Å²) in [7, 11) is 1.64. The lowest BCUT2D eigenvalue weighted by Crippen LogP contribution is -2.22. The van der Waals surface area contributed by atoms with Crippen molar-refractivity contribution in [1.29, 1.82) is 0 Å². The number of ether oxygens (including phenoxy) is 1. The quantitative estimate of drug-likeness (QED) is 0.366. The monoisotopic (exact) mass is 470 g/mol. The molecule has 1 aromatic heterocycles. The third-order valence-corrected chi connectivity index (χ3v) is 6.16. The number of nitrogens with zero attached hydrogens (tertiary/aromatic N) is 2. The molecule has 2 heterocycles. The van der Waals surface area contributed by atoms with E-state index in [1.54, 1.807) is 18.0 Å². The zero-order valence-electron chi connectivity index (χ0n) is 18.7. The molecule has 3 aromatic carbocycles. The average molecular weight is 471 g/mol. The number of fused-ring (bicyclic) bond motifs is 1. The van der Waals surface area contributed by atoms with Gasteiger partial charge in [-0.1, -0.05) is 47.5 Å². The number of halogens is 1. The summed E-state index contributed by atoms with van der Waals surface area (Å²) < 4.78 is 7.09. The SMILES string of the molecule is COc1ccc(C2=C[C@H](c3ccccc3Cl)n3ncc(C(=O)Nc4ccc(C)cc4)c3N2)cc1. The number of hydrogen-bond acceptors (Lipinski definition) is 4. The number of nitrogens with one attached hydrogen (secondary N) is 2. The fourth-order valence-electron chi connectivity index (χ4n) is 3.97. The van der Waals surface area contributed by atoms with E-state index in [1.165, 1.54) is 0 Å². The number of carbonyl (C=O) groups is 1. The predicted molar refractivity (Wildman–Crippen MR) is 136 cm³/mol. The van der Waals surface area contributed by atoms with Crippen LogP contribution in [0.3, 0.4) is 0 Å². The maximum absolute atomic E-state index is 13.2. The van der Waals surface area contributed by atoms with E-state index < -0.39 is 0 Å². The second-order valence-electron chi connectivity index (χ2n) is 8.07. The van der Waals surface area contributed by atoms with Crippen LogP contribution in [0.1, 0.15) is 33.1 Å². The van der Waals surface area contributed by atoms with E-state index in [4.69, 9.17) is 16.3 Å². The Kier molecular flexibility index (Phi) is 5.82. The number of anilines is 2. The lowest BCUT2D eigenvalue weighted by Gasteiger charge is -2.27. The molecule has 0 saturated heterocycles. The highest BCUT2D eigenvalue weighted by Gasteiger charge is 2.29. The standard InChI is InChI=1S/C27H23ClN4O2/c1-17-7-11-19(12-8-17)30-27(33)22-16-29-32-25(21-5-3-4-6-23(21)28)15-24(31-26(22)32)18-9-13-20(34-2)14-10-18/h3-16,25,31H,1-2H3,(H,30,33)/t25-/m1/s1. The summed E-state index contributed by atoms with van der Waals surface area (Å²) in [5.41, 5.74) is 4.99. The van der Waals surface area contributed by atoms with Gasteiger partial charge in [-0.3, -0.25) is 4.79 Å². The zero-order chi connectivity index (χ0) is 23.7. The number of aryl methyl sites for hydroxylation is 1. The fraction of sp³-hybridized carbons (Fsp3) is 0.111. The molecule has 4 aromatic rings. The van der Waals surface area contributed by atoms with Crippen molar-refractivity contribution < 1.29 is 9.53 Å². The van der Waals surface area contributed by atoms with Crippen LogP contribution in [-0.4, -0.2) is 22.8 Å². The van der Waals surface area contributed by atoms with Crippen LogP contribution >= 0.6 is 11.6 Å². The number of rotatable bonds is 5. The average Bonchev–Trinajstić information content (AvgIpc) is 3.30. The summed E-state index contributed by atoms with van der Waals surface area (Å²) in [5, 5.41) is 11.6. The van der Waals surface area contributed by atoms with Gasteiger partial charge in [-0.25, -0.2) is 4.68 Å². The molecular formula is C27H23ClN4O2. The van der Waals surface area contributed by atoms with Gasteiger partial charge in [0.25, 0.3) is 5.91 Å². The first kappa shape index (κ1) is 21.8. The lowest BCUT2D eigenvalue weighted by molar-refractivity contribution is 0.102. The summed E-state index contributed by atoms with van der Waals surface area (Å²) in [6.45, 7) is 2.01. The molecule has 0 spiro atoms. The molecule has 1 atom stereocenters. The van der Waals surface area contributed by atoms with Crippen LogP contribution in [0.25, 0.3) is 5.70 Å². The van der Waals surface area contributed by atoms with Crippen molar-refractivity contribution in [2.24, 2.45) is 0 Å². The molecule has 0 saturated carbocycles. The molecule has 0 fully saturated rings. The van der Waals surface area contributed by atoms with E-state index in [9.17, 15) is 4.79 Å². The Labute approximate surface area is 202 Å². The van der Waals surface area contributed by atoms with Crippen LogP contribution in [0.2, 0.25) is 5.02 Å². The number of methoxy groups -OCH3 is 1. The minimum Gasteiger partial charge on any atom is -0.497 e. The number of aromatic nitrogens is 2. The molecule has 1 aliphatic rings. The molecule has 0 bridgehead atoms. The molecule has 0 radical (unpaired) electrons. The molecule has 0 unspecified atom stereocenters. The summed E-state index contributed by atoms with van der Waals surface area (Å²) in [6, 6.07) is 22.8. The number of carbonyl (C=O) groups excluding carboxylic acids is 1. The van der Waals surface area contributed by atoms with Gasteiger partial charge < -0.3 is 15.4 Å². The predicted octanol–water partition coefficient (Wildman–Crippen LogP) is 6.16. The molecule has 1 amide bonds. The van der Waals surface area contributed by atoms with Crippen molar-refractivity contribution in [3.05, 3.63) is 112 Å². The number of hydrogen-bond donors (Lipinski definition) is 2. The van der Waals surface area contributed by atoms with Gasteiger partial charge in [-0.05, 0) is 66.6 Å². The maximum atomic E-state index is 13.2. The molecule has 6 nitrogen and oxygen atoms in total. The smallest absolute Gasteiger partial charge is 0.261 e. The van der Waals surface area contributed by atoms with E-state index in [0.29, 0.717) is 16.4 Å². The second kappa shape index (κ2) is 9.08. The Balaban J connectivity index is 1.55. The Hall–Kier alpha value is -4.03. The van der Waals surface area contributed by atoms with Gasteiger partial charge in [0.2, 0.25) is 0 Å². The van der Waals surface area contributed by atoms with Crippen LogP contribution in [0.4, 0.5) is 11.5 Å². The Morgan fingerprint density at radius 2 is 1.79 bits per heavy atom. The maximum Gasteiger partial charge on any atom is 0.261 e. The highest BCUT2D eigenvalue weighted by atomic mass is 35.5. The third kappa shape index (κ3) is 4.16. The molecular weight excluding hydrogens is 448 g/mol. The van der Waals surface area contributed by atoms with Gasteiger partial charge in [0.1, 0.15) is 23.2 Å². The number of amides is 1. The zero-order valence-corrected chi connectivity index (χ0v) is 19.5. The van der Waals surface area contributed by atoms with E-state index in [2.05, 4.69) is 21.8 Å². The number of allylic oxidation sites excluding steroid dienone is 1. The molecule has 1 aliphatic heterocycles. The first-order valence-electron chi connectivity index (χ1n) is 10.9. The topological polar surface area (TPSA) is 68.2 Å². The van der Waals surface area contributed by atoms with Gasteiger partial charge in [0, 0.05) is 16.4 Å². The van der Waals surface area contributed by atoms with Crippen LogP contribution in [0.5, 0.6) is 5.75 Å². The molecule has 7 heteroatoms. The molecule has 34 heavy (non-hydrogen) atoms. The van der Waals surface area contributed by atoms with Gasteiger partial charge in [0.05, 0.1) is 13.3 Å². The van der Waals surface area contributed by atoms with E-state index in [1.807, 2.05) is 79.7 Å². The van der Waals surface area contributed by atoms with Crippen LogP contribution in [-0.2, 0) is 0 Å². The lowest BCUT2D eigenvalue weighted by atomic mass is 10.0. The molecule has 5 rings (SSSR count). The first-order chi connectivity index (χ1) is 16.5. The Morgan fingerprint density at radius 1 is 1.06 bits per heavy atom. The Morgan fingerprint density at radius 3 is 2.50 bits per heavy atom. The van der Waals surface area contributed by atoms with Gasteiger partial charge in [0.15, 0.2) is 0 Å². The summed E-state index contributed by atoms with van der Waals surface area (Å²) in [6.07, 6.45) is 3.64. The second-order valence-corrected chi connectivity index (χ2v) is 8.48. The van der Waals surface area contributed by atoms with E-state index in [-0.39, 0.29) is 11.9 Å². The summed E-state index contributed by atoms with van der Waals surface area (Å²) >= 11 is 6.56. The molecule has 0 aliphatic carbocycles. The first-order valence-corrected chi connectivity index (χ1v) is 11.2. The van der Waals surface area contributed by atoms with E-state index >= 15 is 0 Å². The van der Waals surface area contributed by atoms with Crippen LogP contribution in [0.15, 0.2) is 85.1 Å². The minimum absolute atomic E-state index is 0.244. The van der Waals surface area contributed by atoms with Crippen LogP contribution in [0, 0.1) is 6.92 Å². The van der Waals surface area contributed by atoms with Crippen molar-refractivity contribution in [1.82, 2.24) is 9.78 Å². The van der Waals surface area contributed by atoms with E-state index in [0.717, 1.165) is 33.8 Å². The van der Waals surface area contributed by atoms with Gasteiger partial charge in [-0.2, -0.15) is 5.10 Å². The van der Waals surface area contributed by atoms with Crippen molar-refractivity contribution in [2.75, 3.05) is 17.7 Å². The fourth-order valence-corrected chi connectivity index (χ4v) is 4.22. The summed E-state index contributed by atoms with van der Waals surface area (Å²) in [4.78, 5) is 13.2. The Bertz CT molecular complexity index is 1370. The van der Waals surface area contributed by atoms with Crippen molar-refractivity contribution in [2.45, 2.75) is 13.0 Å². The summed E-state index contributed by atoms with van der Waals surface area (Å²) in [5.74, 6) is 1.13. The highest BCUT2D eigenvalue weighted by molar-refractivity contribution is 6.31. The van der Waals surface area contributed by atoms with Crippen LogP contribution < -0.4 is 15.4 Å². The number of benzene rings is 3. The van der Waals surface area contributed by atoms with Crippen molar-refractivity contribution >= 4 is 34.7 Å². The molecule has 170 valence electrons. The minimum atomic E-state index is -0.289.